The molecule has 1 aromatic rings. The van der Waals surface area contributed by atoms with Gasteiger partial charge < -0.3 is 15.3 Å². The van der Waals surface area contributed by atoms with E-state index in [1.165, 1.54) is 6.92 Å². The molecule has 0 bridgehead atoms. The van der Waals surface area contributed by atoms with Crippen molar-refractivity contribution in [2.75, 3.05) is 0 Å². The molecule has 1 atom stereocenters. The van der Waals surface area contributed by atoms with Crippen LogP contribution in [0.3, 0.4) is 0 Å². The first-order valence-electron chi connectivity index (χ1n) is 6.18. The average molecular weight is 280 g/mol. The standard InChI is InChI=1S/C14H16O6/c1-3-8(15)12(14(19)20)7-5-10(17)13(9(16)4-2)11(18)6-7/h5-6,12,17-18H,3-4H2,1-2H3,(H,19,20). The molecule has 20 heavy (non-hydrogen) atoms. The molecule has 0 fully saturated rings. The van der Waals surface area contributed by atoms with Gasteiger partial charge in [-0.3, -0.25) is 14.4 Å². The lowest BCUT2D eigenvalue weighted by molar-refractivity contribution is -0.142. The van der Waals surface area contributed by atoms with Crippen LogP contribution < -0.4 is 0 Å². The lowest BCUT2D eigenvalue weighted by Crippen LogP contribution is -2.21. The molecule has 3 N–H and O–H groups in total. The first-order chi connectivity index (χ1) is 9.33. The van der Waals surface area contributed by atoms with E-state index < -0.39 is 35.0 Å². The Balaban J connectivity index is 3.38. The summed E-state index contributed by atoms with van der Waals surface area (Å²) in [7, 11) is 0. The summed E-state index contributed by atoms with van der Waals surface area (Å²) in [5, 5.41) is 28.6. The number of aliphatic carboxylic acids is 1. The molecule has 6 nitrogen and oxygen atoms in total. The summed E-state index contributed by atoms with van der Waals surface area (Å²) < 4.78 is 0. The van der Waals surface area contributed by atoms with Crippen molar-refractivity contribution in [1.29, 1.82) is 0 Å². The Morgan fingerprint density at radius 2 is 1.55 bits per heavy atom. The second kappa shape index (κ2) is 6.18. The van der Waals surface area contributed by atoms with E-state index in [1.54, 1.807) is 6.92 Å². The molecular formula is C14H16O6. The van der Waals surface area contributed by atoms with Crippen LogP contribution in [-0.2, 0) is 9.59 Å². The SMILES string of the molecule is CCC(=O)c1c(O)cc(C(C(=O)O)C(=O)CC)cc1O. The third kappa shape index (κ3) is 2.96. The minimum absolute atomic E-state index is 0.00807. The largest absolute Gasteiger partial charge is 0.507 e. The summed E-state index contributed by atoms with van der Waals surface area (Å²) in [5.74, 6) is -4.91. The molecule has 1 aromatic carbocycles. The third-order valence-electron chi connectivity index (χ3n) is 2.97. The van der Waals surface area contributed by atoms with E-state index in [0.29, 0.717) is 0 Å². The lowest BCUT2D eigenvalue weighted by atomic mass is 9.91. The monoisotopic (exact) mass is 280 g/mol. The van der Waals surface area contributed by atoms with Gasteiger partial charge in [-0.05, 0) is 17.7 Å². The quantitative estimate of drug-likeness (QED) is 0.541. The summed E-state index contributed by atoms with van der Waals surface area (Å²) in [6, 6.07) is 2.07. The third-order valence-corrected chi connectivity index (χ3v) is 2.97. The highest BCUT2D eigenvalue weighted by Gasteiger charge is 2.29. The molecule has 0 heterocycles. The summed E-state index contributed by atoms with van der Waals surface area (Å²) in [4.78, 5) is 34.3. The van der Waals surface area contributed by atoms with Crippen LogP contribution in [0.4, 0.5) is 0 Å². The predicted molar refractivity (Wildman–Crippen MR) is 70.1 cm³/mol. The van der Waals surface area contributed by atoms with Crippen molar-refractivity contribution in [3.05, 3.63) is 23.3 Å². The number of carboxylic acids is 1. The van der Waals surface area contributed by atoms with Gasteiger partial charge in [0.1, 0.15) is 23.0 Å². The topological polar surface area (TPSA) is 112 Å². The molecule has 0 spiro atoms. The van der Waals surface area contributed by atoms with Crippen LogP contribution >= 0.6 is 0 Å². The van der Waals surface area contributed by atoms with Crippen LogP contribution in [-0.4, -0.2) is 32.9 Å². The highest BCUT2D eigenvalue weighted by atomic mass is 16.4. The van der Waals surface area contributed by atoms with Gasteiger partial charge in [-0.2, -0.15) is 0 Å². The molecule has 0 radical (unpaired) electrons. The zero-order chi connectivity index (χ0) is 15.4. The number of Topliss-reactive ketones (excluding diaryl/α,β-unsaturated/α-hetero) is 2. The summed E-state index contributed by atoms with van der Waals surface area (Å²) in [5.41, 5.74) is -0.309. The van der Waals surface area contributed by atoms with E-state index in [1.807, 2.05) is 0 Å². The summed E-state index contributed by atoms with van der Waals surface area (Å²) in [6.07, 6.45) is 0.0881. The van der Waals surface area contributed by atoms with Gasteiger partial charge in [0.05, 0.1) is 0 Å². The van der Waals surface area contributed by atoms with Crippen molar-refractivity contribution < 1.29 is 29.7 Å². The maximum absolute atomic E-state index is 11.6. The highest BCUT2D eigenvalue weighted by molar-refractivity contribution is 6.05. The normalized spacial score (nSPS) is 11.9. The first-order valence-corrected chi connectivity index (χ1v) is 6.18. The van der Waals surface area contributed by atoms with Crippen molar-refractivity contribution in [3.63, 3.8) is 0 Å². The van der Waals surface area contributed by atoms with E-state index in [2.05, 4.69) is 0 Å². The Morgan fingerprint density at radius 3 is 1.90 bits per heavy atom. The van der Waals surface area contributed by atoms with Gasteiger partial charge in [0.2, 0.25) is 0 Å². The molecule has 6 heteroatoms. The van der Waals surface area contributed by atoms with E-state index in [-0.39, 0.29) is 24.0 Å². The van der Waals surface area contributed by atoms with Gasteiger partial charge in [-0.25, -0.2) is 0 Å². The molecule has 108 valence electrons. The van der Waals surface area contributed by atoms with Gasteiger partial charge in [0, 0.05) is 12.8 Å². The number of hydrogen-bond donors (Lipinski definition) is 3. The first kappa shape index (κ1) is 15.7. The van der Waals surface area contributed by atoms with Gasteiger partial charge >= 0.3 is 5.97 Å². The fraction of sp³-hybridized carbons (Fsp3) is 0.357. The van der Waals surface area contributed by atoms with E-state index in [4.69, 9.17) is 5.11 Å². The van der Waals surface area contributed by atoms with Crippen LogP contribution in [0, 0.1) is 0 Å². The van der Waals surface area contributed by atoms with Gasteiger partial charge in [0.15, 0.2) is 11.6 Å². The Labute approximate surface area is 115 Å². The Kier molecular flexibility index (Phi) is 4.85. The van der Waals surface area contributed by atoms with Gasteiger partial charge in [0.25, 0.3) is 0 Å². The number of rotatable bonds is 6. The number of aromatic hydroxyl groups is 2. The van der Waals surface area contributed by atoms with Gasteiger partial charge in [-0.15, -0.1) is 0 Å². The molecule has 0 aromatic heterocycles. The Hall–Kier alpha value is -2.37. The lowest BCUT2D eigenvalue weighted by Gasteiger charge is -2.13. The van der Waals surface area contributed by atoms with Gasteiger partial charge in [-0.1, -0.05) is 13.8 Å². The van der Waals surface area contributed by atoms with Crippen LogP contribution in [0.15, 0.2) is 12.1 Å². The van der Waals surface area contributed by atoms with Crippen LogP contribution in [0.25, 0.3) is 0 Å². The molecule has 0 aliphatic rings. The maximum Gasteiger partial charge on any atom is 0.318 e. The minimum atomic E-state index is -1.47. The highest BCUT2D eigenvalue weighted by Crippen LogP contribution is 2.33. The number of carbonyl (C=O) groups excluding carboxylic acids is 2. The van der Waals surface area contributed by atoms with Crippen LogP contribution in [0.5, 0.6) is 11.5 Å². The minimum Gasteiger partial charge on any atom is -0.507 e. The van der Waals surface area contributed by atoms with Crippen molar-refractivity contribution in [2.45, 2.75) is 32.6 Å². The second-order valence-corrected chi connectivity index (χ2v) is 4.30. The molecule has 1 unspecified atom stereocenters. The fourth-order valence-corrected chi connectivity index (χ4v) is 1.93. The van der Waals surface area contributed by atoms with E-state index in [9.17, 15) is 24.6 Å². The summed E-state index contributed by atoms with van der Waals surface area (Å²) in [6.45, 7) is 3.09. The molecule has 0 amide bonds. The predicted octanol–water partition coefficient (Wildman–Crippen LogP) is 1.84. The number of hydrogen-bond acceptors (Lipinski definition) is 5. The zero-order valence-corrected chi connectivity index (χ0v) is 11.2. The molecule has 0 saturated carbocycles. The number of ketones is 2. The van der Waals surface area contributed by atoms with Crippen molar-refractivity contribution >= 4 is 17.5 Å². The molecule has 0 aliphatic carbocycles. The van der Waals surface area contributed by atoms with E-state index >= 15 is 0 Å². The van der Waals surface area contributed by atoms with E-state index in [0.717, 1.165) is 12.1 Å². The smallest absolute Gasteiger partial charge is 0.318 e. The average Bonchev–Trinajstić information content (AvgIpc) is 2.37. The van der Waals surface area contributed by atoms with Crippen molar-refractivity contribution in [3.8, 4) is 11.5 Å². The van der Waals surface area contributed by atoms with Crippen LogP contribution in [0.1, 0.15) is 48.5 Å². The zero-order valence-electron chi connectivity index (χ0n) is 11.2. The Morgan fingerprint density at radius 1 is 1.05 bits per heavy atom. The number of phenolic OH excluding ortho intramolecular Hbond substituents is 2. The molecular weight excluding hydrogens is 264 g/mol. The maximum atomic E-state index is 11.6. The number of phenols is 2. The number of benzene rings is 1. The second-order valence-electron chi connectivity index (χ2n) is 4.30. The summed E-state index contributed by atoms with van der Waals surface area (Å²) >= 11 is 0. The van der Waals surface area contributed by atoms with Crippen molar-refractivity contribution in [1.82, 2.24) is 0 Å². The fourth-order valence-electron chi connectivity index (χ4n) is 1.93. The molecule has 1 rings (SSSR count). The molecule has 0 saturated heterocycles. The molecule has 0 aliphatic heterocycles. The Bertz CT molecular complexity index is 538. The number of carboxylic acid groups (broad SMARTS) is 1. The van der Waals surface area contributed by atoms with Crippen molar-refractivity contribution in [2.24, 2.45) is 0 Å². The number of carbonyl (C=O) groups is 3. The van der Waals surface area contributed by atoms with Crippen LogP contribution in [0.2, 0.25) is 0 Å².